The number of nitriles is 1. The lowest BCUT2D eigenvalue weighted by Gasteiger charge is -2.26. The number of benzene rings is 2. The van der Waals surface area contributed by atoms with E-state index >= 15 is 0 Å². The Morgan fingerprint density at radius 2 is 1.76 bits per heavy atom. The Hall–Kier alpha value is -3.72. The predicted molar refractivity (Wildman–Crippen MR) is 113 cm³/mol. The average Bonchev–Trinajstić information content (AvgIpc) is 2.74. The number of aromatic nitrogens is 2. The van der Waals surface area contributed by atoms with Gasteiger partial charge in [-0.05, 0) is 22.6 Å². The van der Waals surface area contributed by atoms with Gasteiger partial charge in [0.2, 0.25) is 11.7 Å². The van der Waals surface area contributed by atoms with Crippen molar-refractivity contribution in [1.82, 2.24) is 15.4 Å². The minimum Gasteiger partial charge on any atom is -0.273 e. The fourth-order valence-corrected chi connectivity index (χ4v) is 2.94. The first kappa shape index (κ1) is 20.0. The maximum atomic E-state index is 12.6. The number of rotatable bonds is 7. The number of amides is 1. The Morgan fingerprint density at radius 1 is 1.07 bits per heavy atom. The van der Waals surface area contributed by atoms with Gasteiger partial charge in [-0.2, -0.15) is 10.2 Å². The van der Waals surface area contributed by atoms with Crippen molar-refractivity contribution < 1.29 is 4.79 Å². The average molecular weight is 385 g/mol. The van der Waals surface area contributed by atoms with E-state index in [1.807, 2.05) is 62.4 Å². The third-order valence-electron chi connectivity index (χ3n) is 4.25. The van der Waals surface area contributed by atoms with Crippen LogP contribution < -0.4 is 10.4 Å². The zero-order chi connectivity index (χ0) is 20.6. The van der Waals surface area contributed by atoms with Crippen LogP contribution in [0.25, 0.3) is 11.1 Å². The van der Waals surface area contributed by atoms with Crippen molar-refractivity contribution in [2.75, 3.05) is 11.6 Å². The molecule has 0 aliphatic carbocycles. The highest BCUT2D eigenvalue weighted by atomic mass is 16.2. The Labute approximate surface area is 170 Å². The van der Waals surface area contributed by atoms with Gasteiger partial charge in [-0.3, -0.25) is 15.2 Å². The molecule has 6 heteroatoms. The van der Waals surface area contributed by atoms with Crippen LogP contribution in [0.2, 0.25) is 0 Å². The van der Waals surface area contributed by atoms with E-state index in [0.717, 1.165) is 16.7 Å². The molecule has 0 unspecified atom stereocenters. The fourth-order valence-electron chi connectivity index (χ4n) is 2.94. The molecular formula is C23H23N5O. The SMILES string of the molecule is CC(C)CN(NC(=O)Cc1ccc(-c2ccccc2)cc1)c1ccnc(C#N)n1. The van der Waals surface area contributed by atoms with Crippen LogP contribution in [0.5, 0.6) is 0 Å². The van der Waals surface area contributed by atoms with Gasteiger partial charge in [-0.25, -0.2) is 4.98 Å². The highest BCUT2D eigenvalue weighted by molar-refractivity contribution is 5.80. The number of nitrogens with zero attached hydrogens (tertiary/aromatic N) is 4. The Balaban J connectivity index is 1.69. The molecule has 0 radical (unpaired) electrons. The zero-order valence-electron chi connectivity index (χ0n) is 16.5. The van der Waals surface area contributed by atoms with E-state index in [-0.39, 0.29) is 18.2 Å². The summed E-state index contributed by atoms with van der Waals surface area (Å²) in [7, 11) is 0. The molecule has 1 heterocycles. The van der Waals surface area contributed by atoms with Gasteiger partial charge >= 0.3 is 0 Å². The van der Waals surface area contributed by atoms with Crippen molar-refractivity contribution in [1.29, 1.82) is 5.26 Å². The van der Waals surface area contributed by atoms with Crippen molar-refractivity contribution >= 4 is 11.7 Å². The van der Waals surface area contributed by atoms with Crippen LogP contribution >= 0.6 is 0 Å². The van der Waals surface area contributed by atoms with E-state index < -0.39 is 0 Å². The van der Waals surface area contributed by atoms with Crippen molar-refractivity contribution in [2.24, 2.45) is 5.92 Å². The van der Waals surface area contributed by atoms with Crippen molar-refractivity contribution in [3.05, 3.63) is 78.2 Å². The largest absolute Gasteiger partial charge is 0.273 e. The number of carbonyl (C=O) groups is 1. The Bertz CT molecular complexity index is 994. The maximum absolute atomic E-state index is 12.6. The third kappa shape index (κ3) is 5.63. The monoisotopic (exact) mass is 385 g/mol. The smallest absolute Gasteiger partial charge is 0.242 e. The summed E-state index contributed by atoms with van der Waals surface area (Å²) in [5.41, 5.74) is 6.08. The highest BCUT2D eigenvalue weighted by Crippen LogP contribution is 2.19. The number of hydrogen-bond acceptors (Lipinski definition) is 5. The van der Waals surface area contributed by atoms with Gasteiger partial charge in [0.1, 0.15) is 6.07 Å². The predicted octanol–water partition coefficient (Wildman–Crippen LogP) is 3.75. The Morgan fingerprint density at radius 3 is 2.41 bits per heavy atom. The number of anilines is 1. The number of carbonyl (C=O) groups excluding carboxylic acids is 1. The molecule has 29 heavy (non-hydrogen) atoms. The number of nitrogens with one attached hydrogen (secondary N) is 1. The van der Waals surface area contributed by atoms with Crippen molar-refractivity contribution in [3.8, 4) is 17.2 Å². The van der Waals surface area contributed by atoms with Gasteiger partial charge in [-0.15, -0.1) is 0 Å². The quantitative estimate of drug-likeness (QED) is 0.627. The van der Waals surface area contributed by atoms with Crippen molar-refractivity contribution in [2.45, 2.75) is 20.3 Å². The Kier molecular flexibility index (Phi) is 6.54. The summed E-state index contributed by atoms with van der Waals surface area (Å²) in [5.74, 6) is 0.719. The summed E-state index contributed by atoms with van der Waals surface area (Å²) in [4.78, 5) is 20.7. The van der Waals surface area contributed by atoms with Crippen LogP contribution in [0.4, 0.5) is 5.82 Å². The van der Waals surface area contributed by atoms with Gasteiger partial charge in [-0.1, -0.05) is 68.4 Å². The summed E-state index contributed by atoms with van der Waals surface area (Å²) in [6, 6.07) is 21.7. The first-order valence-corrected chi connectivity index (χ1v) is 9.49. The maximum Gasteiger partial charge on any atom is 0.242 e. The topological polar surface area (TPSA) is 81.9 Å². The van der Waals surface area contributed by atoms with E-state index in [0.29, 0.717) is 18.3 Å². The van der Waals surface area contributed by atoms with E-state index in [1.165, 1.54) is 6.20 Å². The summed E-state index contributed by atoms with van der Waals surface area (Å²) in [6.07, 6.45) is 1.77. The molecule has 146 valence electrons. The molecule has 0 saturated carbocycles. The molecule has 0 aliphatic rings. The van der Waals surface area contributed by atoms with E-state index in [9.17, 15) is 4.79 Å². The molecule has 0 atom stereocenters. The molecule has 0 aliphatic heterocycles. The van der Waals surface area contributed by atoms with E-state index in [1.54, 1.807) is 11.1 Å². The van der Waals surface area contributed by atoms with E-state index in [4.69, 9.17) is 5.26 Å². The van der Waals surface area contributed by atoms with Gasteiger partial charge < -0.3 is 0 Å². The van der Waals surface area contributed by atoms with Crippen LogP contribution in [-0.4, -0.2) is 22.4 Å². The summed E-state index contributed by atoms with van der Waals surface area (Å²) >= 11 is 0. The van der Waals surface area contributed by atoms with Crippen LogP contribution in [0.15, 0.2) is 66.9 Å². The van der Waals surface area contributed by atoms with Crippen LogP contribution in [0, 0.1) is 17.2 Å². The van der Waals surface area contributed by atoms with Crippen LogP contribution in [0.3, 0.4) is 0 Å². The minimum atomic E-state index is -0.143. The molecule has 1 aromatic heterocycles. The summed E-state index contributed by atoms with van der Waals surface area (Å²) < 4.78 is 0. The first-order chi connectivity index (χ1) is 14.0. The minimum absolute atomic E-state index is 0.0713. The summed E-state index contributed by atoms with van der Waals surface area (Å²) in [6.45, 7) is 4.67. The molecular weight excluding hydrogens is 362 g/mol. The first-order valence-electron chi connectivity index (χ1n) is 9.49. The van der Waals surface area contributed by atoms with Gasteiger partial charge in [0, 0.05) is 18.8 Å². The highest BCUT2D eigenvalue weighted by Gasteiger charge is 2.15. The van der Waals surface area contributed by atoms with Gasteiger partial charge in [0.15, 0.2) is 5.82 Å². The molecule has 1 amide bonds. The lowest BCUT2D eigenvalue weighted by Crippen LogP contribution is -2.45. The second kappa shape index (κ2) is 9.47. The second-order valence-electron chi connectivity index (χ2n) is 7.13. The number of hydrogen-bond donors (Lipinski definition) is 1. The van der Waals surface area contributed by atoms with Gasteiger partial charge in [0.05, 0.1) is 6.42 Å². The normalized spacial score (nSPS) is 10.4. The van der Waals surface area contributed by atoms with Crippen LogP contribution in [-0.2, 0) is 11.2 Å². The van der Waals surface area contributed by atoms with Gasteiger partial charge in [0.25, 0.3) is 0 Å². The standard InChI is InChI=1S/C23H23N5O/c1-17(2)16-28(22-12-13-25-21(15-24)26-22)27-23(29)14-18-8-10-20(11-9-18)19-6-4-3-5-7-19/h3-13,17H,14,16H2,1-2H3,(H,27,29). The molecule has 2 aromatic carbocycles. The molecule has 1 N–H and O–H groups in total. The van der Waals surface area contributed by atoms with Crippen molar-refractivity contribution in [3.63, 3.8) is 0 Å². The van der Waals surface area contributed by atoms with Crippen LogP contribution in [0.1, 0.15) is 25.2 Å². The fraction of sp³-hybridized carbons (Fsp3) is 0.217. The van der Waals surface area contributed by atoms with E-state index in [2.05, 4.69) is 27.5 Å². The molecule has 3 rings (SSSR count). The lowest BCUT2D eigenvalue weighted by atomic mass is 10.0. The lowest BCUT2D eigenvalue weighted by molar-refractivity contribution is -0.120. The molecule has 3 aromatic rings. The molecule has 0 saturated heterocycles. The second-order valence-corrected chi connectivity index (χ2v) is 7.13. The zero-order valence-corrected chi connectivity index (χ0v) is 16.5. The molecule has 0 bridgehead atoms. The number of hydrazine groups is 1. The molecule has 0 spiro atoms. The molecule has 0 fully saturated rings. The molecule has 6 nitrogen and oxygen atoms in total. The summed E-state index contributed by atoms with van der Waals surface area (Å²) in [5, 5.41) is 10.7. The third-order valence-corrected chi connectivity index (χ3v) is 4.25.